The molecule has 0 aliphatic heterocycles. The van der Waals surface area contributed by atoms with Crippen molar-refractivity contribution in [3.05, 3.63) is 41.6 Å². The number of aryl methyl sites for hydroxylation is 1. The lowest BCUT2D eigenvalue weighted by Gasteiger charge is -2.06. The number of hydrogen-bond acceptors (Lipinski definition) is 2. The van der Waals surface area contributed by atoms with Crippen molar-refractivity contribution in [1.29, 1.82) is 0 Å². The first-order valence-electron chi connectivity index (χ1n) is 5.60. The van der Waals surface area contributed by atoms with E-state index in [2.05, 4.69) is 35.2 Å². The van der Waals surface area contributed by atoms with Crippen LogP contribution in [0.25, 0.3) is 5.69 Å². The highest BCUT2D eigenvalue weighted by atomic mass is 32.2. The zero-order valence-corrected chi connectivity index (χ0v) is 10.1. The molecule has 3 heteroatoms. The van der Waals surface area contributed by atoms with E-state index in [-0.39, 0.29) is 0 Å². The standard InChI is InChI=1S/C13H14N2S/c1-16-13-11-8-5-9-12(11)14-15(13)10-6-3-2-4-7-10/h2-4,6-7H,5,8-9H2,1H3. The van der Waals surface area contributed by atoms with Crippen molar-refractivity contribution >= 4 is 11.8 Å². The summed E-state index contributed by atoms with van der Waals surface area (Å²) in [5.74, 6) is 0. The summed E-state index contributed by atoms with van der Waals surface area (Å²) in [5, 5.41) is 6.05. The molecule has 0 saturated heterocycles. The molecule has 0 saturated carbocycles. The van der Waals surface area contributed by atoms with Gasteiger partial charge < -0.3 is 0 Å². The van der Waals surface area contributed by atoms with Gasteiger partial charge in [-0.15, -0.1) is 11.8 Å². The van der Waals surface area contributed by atoms with E-state index in [9.17, 15) is 0 Å². The Hall–Kier alpha value is -1.22. The van der Waals surface area contributed by atoms with Crippen LogP contribution in [0.3, 0.4) is 0 Å². The quantitative estimate of drug-likeness (QED) is 0.738. The minimum atomic E-state index is 1.14. The molecule has 3 rings (SSSR count). The van der Waals surface area contributed by atoms with Gasteiger partial charge in [0.25, 0.3) is 0 Å². The number of nitrogens with zero attached hydrogens (tertiary/aromatic N) is 2. The zero-order valence-electron chi connectivity index (χ0n) is 9.31. The number of benzene rings is 1. The molecule has 1 heterocycles. The highest BCUT2D eigenvalue weighted by Crippen LogP contribution is 2.32. The Balaban J connectivity index is 2.15. The van der Waals surface area contributed by atoms with E-state index in [4.69, 9.17) is 5.10 Å². The number of thioether (sulfide) groups is 1. The molecule has 1 aliphatic carbocycles. The fourth-order valence-corrected chi connectivity index (χ4v) is 3.10. The predicted molar refractivity (Wildman–Crippen MR) is 67.4 cm³/mol. The maximum Gasteiger partial charge on any atom is 0.103 e. The van der Waals surface area contributed by atoms with Crippen LogP contribution in [-0.2, 0) is 12.8 Å². The molecule has 1 aromatic carbocycles. The van der Waals surface area contributed by atoms with Crippen molar-refractivity contribution in [2.45, 2.75) is 24.3 Å². The van der Waals surface area contributed by atoms with Crippen molar-refractivity contribution in [3.8, 4) is 5.69 Å². The van der Waals surface area contributed by atoms with Gasteiger partial charge in [-0.2, -0.15) is 5.10 Å². The van der Waals surface area contributed by atoms with Crippen LogP contribution < -0.4 is 0 Å². The Labute approximate surface area is 99.7 Å². The van der Waals surface area contributed by atoms with Gasteiger partial charge >= 0.3 is 0 Å². The van der Waals surface area contributed by atoms with Crippen LogP contribution in [0.5, 0.6) is 0 Å². The van der Waals surface area contributed by atoms with Crippen molar-refractivity contribution in [2.75, 3.05) is 6.26 Å². The van der Waals surface area contributed by atoms with Gasteiger partial charge in [-0.25, -0.2) is 4.68 Å². The second-order valence-corrected chi connectivity index (χ2v) is 4.83. The molecule has 2 aromatic rings. The fourth-order valence-electron chi connectivity index (χ4n) is 2.32. The number of aromatic nitrogens is 2. The topological polar surface area (TPSA) is 17.8 Å². The Morgan fingerprint density at radius 1 is 1.19 bits per heavy atom. The monoisotopic (exact) mass is 230 g/mol. The molecule has 0 atom stereocenters. The number of fused-ring (bicyclic) bond motifs is 1. The van der Waals surface area contributed by atoms with Gasteiger partial charge in [0.1, 0.15) is 5.03 Å². The van der Waals surface area contributed by atoms with E-state index >= 15 is 0 Å². The number of para-hydroxylation sites is 1. The molecule has 82 valence electrons. The number of rotatable bonds is 2. The lowest BCUT2D eigenvalue weighted by Crippen LogP contribution is -1.99. The summed E-state index contributed by atoms with van der Waals surface area (Å²) in [5.41, 5.74) is 3.94. The normalized spacial score (nSPS) is 14.1. The third-order valence-electron chi connectivity index (χ3n) is 3.05. The third-order valence-corrected chi connectivity index (χ3v) is 3.86. The van der Waals surface area contributed by atoms with Gasteiger partial charge in [-0.1, -0.05) is 18.2 Å². The molecule has 0 amide bonds. The van der Waals surface area contributed by atoms with E-state index in [1.807, 2.05) is 6.07 Å². The van der Waals surface area contributed by atoms with Gasteiger partial charge in [-0.3, -0.25) is 0 Å². The van der Waals surface area contributed by atoms with Gasteiger partial charge in [0.2, 0.25) is 0 Å². The van der Waals surface area contributed by atoms with Gasteiger partial charge in [0.05, 0.1) is 11.4 Å². The van der Waals surface area contributed by atoms with E-state index in [0.29, 0.717) is 0 Å². The van der Waals surface area contributed by atoms with Crippen LogP contribution in [-0.4, -0.2) is 16.0 Å². The van der Waals surface area contributed by atoms with E-state index in [1.165, 1.54) is 34.8 Å². The Morgan fingerprint density at radius 2 is 2.00 bits per heavy atom. The van der Waals surface area contributed by atoms with E-state index in [1.54, 1.807) is 11.8 Å². The number of hydrogen-bond donors (Lipinski definition) is 0. The molecule has 2 nitrogen and oxygen atoms in total. The average molecular weight is 230 g/mol. The first-order chi connectivity index (χ1) is 7.90. The first-order valence-corrected chi connectivity index (χ1v) is 6.83. The predicted octanol–water partition coefficient (Wildman–Crippen LogP) is 3.08. The highest BCUT2D eigenvalue weighted by Gasteiger charge is 2.21. The molecule has 0 unspecified atom stereocenters. The molecule has 1 aromatic heterocycles. The maximum atomic E-state index is 4.73. The van der Waals surface area contributed by atoms with Crippen LogP contribution in [0.1, 0.15) is 17.7 Å². The average Bonchev–Trinajstić information content (AvgIpc) is 2.89. The van der Waals surface area contributed by atoms with Crippen LogP contribution in [0, 0.1) is 0 Å². The molecule has 0 fully saturated rings. The second-order valence-electron chi connectivity index (χ2n) is 4.04. The second kappa shape index (κ2) is 3.98. The van der Waals surface area contributed by atoms with Crippen molar-refractivity contribution in [1.82, 2.24) is 9.78 Å². The first kappa shape index (κ1) is 9.97. The van der Waals surface area contributed by atoms with Crippen molar-refractivity contribution in [3.63, 3.8) is 0 Å². The third kappa shape index (κ3) is 1.47. The summed E-state index contributed by atoms with van der Waals surface area (Å²) in [4.78, 5) is 0. The molecular formula is C13H14N2S. The smallest absolute Gasteiger partial charge is 0.103 e. The summed E-state index contributed by atoms with van der Waals surface area (Å²) >= 11 is 1.80. The molecule has 0 spiro atoms. The lowest BCUT2D eigenvalue weighted by molar-refractivity contribution is 0.746. The Kier molecular flexibility index (Phi) is 2.48. The zero-order chi connectivity index (χ0) is 11.0. The van der Waals surface area contributed by atoms with Crippen molar-refractivity contribution in [2.24, 2.45) is 0 Å². The minimum absolute atomic E-state index is 1.14. The molecule has 0 N–H and O–H groups in total. The summed E-state index contributed by atoms with van der Waals surface area (Å²) < 4.78 is 2.09. The summed E-state index contributed by atoms with van der Waals surface area (Å²) in [6.45, 7) is 0. The molecule has 1 aliphatic rings. The molecule has 0 bridgehead atoms. The Morgan fingerprint density at radius 3 is 2.75 bits per heavy atom. The van der Waals surface area contributed by atoms with Crippen LogP contribution in [0.4, 0.5) is 0 Å². The van der Waals surface area contributed by atoms with Crippen molar-refractivity contribution < 1.29 is 0 Å². The van der Waals surface area contributed by atoms with Gasteiger partial charge in [0.15, 0.2) is 0 Å². The van der Waals surface area contributed by atoms with Crippen LogP contribution >= 0.6 is 11.8 Å². The van der Waals surface area contributed by atoms with Gasteiger partial charge in [0, 0.05) is 5.56 Å². The summed E-state index contributed by atoms with van der Waals surface area (Å²) in [6.07, 6.45) is 5.73. The lowest BCUT2D eigenvalue weighted by atomic mass is 10.3. The molecule has 0 radical (unpaired) electrons. The highest BCUT2D eigenvalue weighted by molar-refractivity contribution is 7.98. The Bertz CT molecular complexity index is 502. The largest absolute Gasteiger partial charge is 0.227 e. The van der Waals surface area contributed by atoms with E-state index in [0.717, 1.165) is 6.42 Å². The van der Waals surface area contributed by atoms with Crippen LogP contribution in [0.15, 0.2) is 35.4 Å². The SMILES string of the molecule is CSc1c2c(nn1-c1ccccc1)CCC2. The summed E-state index contributed by atoms with van der Waals surface area (Å²) in [6, 6.07) is 10.4. The van der Waals surface area contributed by atoms with Crippen LogP contribution in [0.2, 0.25) is 0 Å². The molecule has 16 heavy (non-hydrogen) atoms. The minimum Gasteiger partial charge on any atom is -0.227 e. The maximum absolute atomic E-state index is 4.73. The molecular weight excluding hydrogens is 216 g/mol. The van der Waals surface area contributed by atoms with Gasteiger partial charge in [-0.05, 0) is 37.7 Å². The fraction of sp³-hybridized carbons (Fsp3) is 0.308. The summed E-state index contributed by atoms with van der Waals surface area (Å²) in [7, 11) is 0. The van der Waals surface area contributed by atoms with E-state index < -0.39 is 0 Å².